The molecular formula is C17H25N4O4+. The Labute approximate surface area is 146 Å². The maximum atomic E-state index is 12.6. The van der Waals surface area contributed by atoms with Crippen LogP contribution in [0.5, 0.6) is 0 Å². The highest BCUT2D eigenvalue weighted by Crippen LogP contribution is 2.31. The van der Waals surface area contributed by atoms with Crippen molar-refractivity contribution in [2.75, 3.05) is 39.3 Å². The van der Waals surface area contributed by atoms with Gasteiger partial charge in [0.1, 0.15) is 11.8 Å². The number of nitrogens with one attached hydrogen (secondary N) is 2. The number of furan rings is 1. The Morgan fingerprint density at radius 1 is 1.44 bits per heavy atom. The number of amides is 1. The molecule has 8 nitrogen and oxygen atoms in total. The van der Waals surface area contributed by atoms with Crippen LogP contribution in [0.25, 0.3) is 0 Å². The first-order valence-corrected chi connectivity index (χ1v) is 8.81. The van der Waals surface area contributed by atoms with E-state index in [2.05, 4.69) is 22.1 Å². The van der Waals surface area contributed by atoms with Crippen molar-refractivity contribution in [2.24, 2.45) is 10.9 Å². The topological polar surface area (TPSA) is 88.6 Å². The fourth-order valence-corrected chi connectivity index (χ4v) is 3.27. The fourth-order valence-electron chi connectivity index (χ4n) is 3.27. The van der Waals surface area contributed by atoms with Crippen LogP contribution in [0.4, 0.5) is 0 Å². The number of carbonyl (C=O) groups excluding carboxylic acids is 2. The Morgan fingerprint density at radius 3 is 2.80 bits per heavy atom. The molecule has 25 heavy (non-hydrogen) atoms. The zero-order valence-electron chi connectivity index (χ0n) is 14.7. The van der Waals surface area contributed by atoms with Crippen LogP contribution in [0.15, 0.2) is 27.8 Å². The molecular weight excluding hydrogens is 324 g/mol. The summed E-state index contributed by atoms with van der Waals surface area (Å²) in [5.74, 6) is -0.998. The molecule has 0 radical (unpaired) electrons. The lowest BCUT2D eigenvalue weighted by molar-refractivity contribution is -0.902. The number of nitrogens with zero attached hydrogens (tertiary/aromatic N) is 2. The monoisotopic (exact) mass is 349 g/mol. The number of piperazine rings is 1. The second-order valence-electron chi connectivity index (χ2n) is 6.22. The van der Waals surface area contributed by atoms with E-state index in [0.29, 0.717) is 11.7 Å². The Morgan fingerprint density at radius 2 is 2.20 bits per heavy atom. The first-order valence-electron chi connectivity index (χ1n) is 8.81. The highest BCUT2D eigenvalue weighted by Gasteiger charge is 2.43. The molecule has 3 heterocycles. The van der Waals surface area contributed by atoms with Crippen molar-refractivity contribution < 1.29 is 23.6 Å². The molecule has 0 aliphatic carbocycles. The molecule has 1 saturated heterocycles. The van der Waals surface area contributed by atoms with E-state index in [1.54, 1.807) is 19.1 Å². The summed E-state index contributed by atoms with van der Waals surface area (Å²) in [6, 6.07) is 2.76. The first kappa shape index (κ1) is 17.5. The van der Waals surface area contributed by atoms with E-state index in [1.165, 1.54) is 11.2 Å². The molecule has 2 aliphatic rings. The van der Waals surface area contributed by atoms with Crippen LogP contribution in [-0.4, -0.2) is 62.1 Å². The quantitative estimate of drug-likeness (QED) is 0.549. The molecule has 0 saturated carbocycles. The molecule has 0 aromatic carbocycles. The van der Waals surface area contributed by atoms with Crippen LogP contribution < -0.4 is 10.2 Å². The molecule has 1 amide bonds. The maximum absolute atomic E-state index is 12.6. The molecule has 3 rings (SSSR count). The van der Waals surface area contributed by atoms with Crippen LogP contribution in [0.2, 0.25) is 0 Å². The van der Waals surface area contributed by atoms with Crippen LogP contribution >= 0.6 is 0 Å². The first-order chi connectivity index (χ1) is 12.1. The summed E-state index contributed by atoms with van der Waals surface area (Å²) in [7, 11) is 0. The van der Waals surface area contributed by atoms with Crippen molar-refractivity contribution in [2.45, 2.75) is 19.9 Å². The normalized spacial score (nSPS) is 24.6. The van der Waals surface area contributed by atoms with E-state index in [0.717, 1.165) is 32.7 Å². The molecule has 1 fully saturated rings. The third kappa shape index (κ3) is 3.68. The largest absolute Gasteiger partial charge is 0.467 e. The molecule has 0 unspecified atom stereocenters. The predicted octanol–water partition coefficient (Wildman–Crippen LogP) is -0.794. The van der Waals surface area contributed by atoms with Gasteiger partial charge >= 0.3 is 5.97 Å². The van der Waals surface area contributed by atoms with Crippen LogP contribution in [0.3, 0.4) is 0 Å². The minimum Gasteiger partial charge on any atom is -0.467 e. The van der Waals surface area contributed by atoms with Gasteiger partial charge in [-0.3, -0.25) is 14.9 Å². The molecule has 2 aliphatic heterocycles. The minimum absolute atomic E-state index is 0.214. The number of quaternary nitrogens is 1. The Kier molecular flexibility index (Phi) is 5.37. The van der Waals surface area contributed by atoms with E-state index in [4.69, 9.17) is 9.15 Å². The van der Waals surface area contributed by atoms with Crippen LogP contribution in [0.1, 0.15) is 25.6 Å². The molecule has 2 atom stereocenters. The molecule has 2 N–H and O–H groups in total. The number of guanidine groups is 1. The van der Waals surface area contributed by atoms with Crippen molar-refractivity contribution in [3.8, 4) is 0 Å². The number of rotatable bonds is 4. The van der Waals surface area contributed by atoms with E-state index >= 15 is 0 Å². The van der Waals surface area contributed by atoms with Crippen molar-refractivity contribution in [1.29, 1.82) is 0 Å². The number of carbonyl (C=O) groups is 2. The van der Waals surface area contributed by atoms with E-state index in [1.807, 2.05) is 0 Å². The van der Waals surface area contributed by atoms with Crippen LogP contribution in [0, 0.1) is 5.92 Å². The second kappa shape index (κ2) is 7.69. The summed E-state index contributed by atoms with van der Waals surface area (Å²) in [5.41, 5.74) is 0. The molecule has 0 bridgehead atoms. The van der Waals surface area contributed by atoms with Gasteiger partial charge in [-0.1, -0.05) is 0 Å². The van der Waals surface area contributed by atoms with Gasteiger partial charge in [0, 0.05) is 0 Å². The average Bonchev–Trinajstić information content (AvgIpc) is 3.16. The van der Waals surface area contributed by atoms with Gasteiger partial charge in [-0.25, -0.2) is 4.99 Å². The molecule has 136 valence electrons. The van der Waals surface area contributed by atoms with Gasteiger partial charge in [0.2, 0.25) is 11.9 Å². The number of ether oxygens (including phenoxy) is 1. The van der Waals surface area contributed by atoms with Crippen molar-refractivity contribution in [3.63, 3.8) is 0 Å². The van der Waals surface area contributed by atoms with Gasteiger partial charge in [-0.15, -0.1) is 0 Å². The molecule has 1 aromatic rings. The number of hydrogen-bond donors (Lipinski definition) is 2. The van der Waals surface area contributed by atoms with Crippen molar-refractivity contribution >= 4 is 17.8 Å². The van der Waals surface area contributed by atoms with Crippen molar-refractivity contribution in [1.82, 2.24) is 10.2 Å². The van der Waals surface area contributed by atoms with E-state index < -0.39 is 23.8 Å². The Hall–Kier alpha value is -2.35. The number of hydrogen-bond acceptors (Lipinski definition) is 6. The summed E-state index contributed by atoms with van der Waals surface area (Å²) < 4.78 is 10.5. The Bertz CT molecular complexity index is 635. The second-order valence-corrected chi connectivity index (χ2v) is 6.22. The fraction of sp³-hybridized carbons (Fsp3) is 0.588. The maximum Gasteiger partial charge on any atom is 0.321 e. The van der Waals surface area contributed by atoms with Gasteiger partial charge < -0.3 is 19.0 Å². The zero-order valence-corrected chi connectivity index (χ0v) is 14.7. The summed E-state index contributed by atoms with van der Waals surface area (Å²) >= 11 is 0. The summed E-state index contributed by atoms with van der Waals surface area (Å²) in [5, 5.41) is 2.79. The zero-order chi connectivity index (χ0) is 17.8. The van der Waals surface area contributed by atoms with Crippen molar-refractivity contribution in [3.05, 3.63) is 24.2 Å². The van der Waals surface area contributed by atoms with E-state index in [-0.39, 0.29) is 6.61 Å². The van der Waals surface area contributed by atoms with E-state index in [9.17, 15) is 9.59 Å². The third-order valence-electron chi connectivity index (χ3n) is 4.74. The van der Waals surface area contributed by atoms with Gasteiger partial charge in [0.05, 0.1) is 45.6 Å². The van der Waals surface area contributed by atoms with Gasteiger partial charge in [-0.05, 0) is 26.0 Å². The number of aliphatic imine (C=N–C) groups is 1. The molecule has 0 spiro atoms. The molecule has 1 aromatic heterocycles. The number of likely N-dealkylation sites (N-methyl/N-ethyl adjacent to an activating group) is 1. The SMILES string of the molecule is CCOC(=O)[C@H]1C(=O)NC(N2CC[NH+](CC)CC2)=N[C@H]1c1ccco1. The van der Waals surface area contributed by atoms with Gasteiger partial charge in [-0.2, -0.15) is 0 Å². The van der Waals surface area contributed by atoms with Crippen LogP contribution in [-0.2, 0) is 14.3 Å². The summed E-state index contributed by atoms with van der Waals surface area (Å²) in [4.78, 5) is 33.1. The highest BCUT2D eigenvalue weighted by molar-refractivity contribution is 6.08. The third-order valence-corrected chi connectivity index (χ3v) is 4.74. The van der Waals surface area contributed by atoms with Gasteiger partial charge in [0.15, 0.2) is 5.92 Å². The standard InChI is InChI=1S/C17H24N4O4/c1-3-20-7-9-21(10-8-20)17-18-14(12-6-5-11-25-12)13(15(22)19-17)16(23)24-4-2/h5-6,11,13-14H,3-4,7-10H2,1-2H3,(H,18,19,22)/p+1/t13-,14+/m1/s1. The smallest absolute Gasteiger partial charge is 0.321 e. The predicted molar refractivity (Wildman–Crippen MR) is 90.0 cm³/mol. The lowest BCUT2D eigenvalue weighted by Crippen LogP contribution is -3.14. The number of esters is 1. The lowest BCUT2D eigenvalue weighted by atomic mass is 9.95. The minimum atomic E-state index is -1.03. The highest BCUT2D eigenvalue weighted by atomic mass is 16.5. The average molecular weight is 349 g/mol. The molecule has 8 heteroatoms. The Balaban J connectivity index is 1.85. The van der Waals surface area contributed by atoms with Gasteiger partial charge in [0.25, 0.3) is 0 Å². The summed E-state index contributed by atoms with van der Waals surface area (Å²) in [6.45, 7) is 8.82. The lowest BCUT2D eigenvalue weighted by Gasteiger charge is -2.36. The summed E-state index contributed by atoms with van der Waals surface area (Å²) in [6.07, 6.45) is 1.52.